The van der Waals surface area contributed by atoms with Crippen LogP contribution in [0.3, 0.4) is 0 Å². The van der Waals surface area contributed by atoms with Crippen molar-refractivity contribution < 1.29 is 0 Å². The van der Waals surface area contributed by atoms with Crippen LogP contribution in [0.15, 0.2) is 48.7 Å². The van der Waals surface area contributed by atoms with E-state index >= 15 is 0 Å². The molecule has 4 rings (SSSR count). The first-order chi connectivity index (χ1) is 15.8. The lowest BCUT2D eigenvalue weighted by Gasteiger charge is -2.28. The topological polar surface area (TPSA) is 36.3 Å². The van der Waals surface area contributed by atoms with Gasteiger partial charge in [0.2, 0.25) is 0 Å². The summed E-state index contributed by atoms with van der Waals surface area (Å²) < 4.78 is 2.40. The van der Waals surface area contributed by atoms with E-state index in [9.17, 15) is 0 Å². The molecule has 1 fully saturated rings. The van der Waals surface area contributed by atoms with Crippen molar-refractivity contribution >= 4 is 17.3 Å². The minimum absolute atomic E-state index is 0.0191. The first kappa shape index (κ1) is 23.5. The molecule has 0 bridgehead atoms. The van der Waals surface area contributed by atoms with E-state index in [4.69, 9.17) is 17.2 Å². The van der Waals surface area contributed by atoms with Crippen LogP contribution in [-0.4, -0.2) is 51.6 Å². The lowest BCUT2D eigenvalue weighted by molar-refractivity contribution is 0.292. The molecular formula is C27H35N5S. The molecule has 5 nitrogen and oxygen atoms in total. The van der Waals surface area contributed by atoms with Crippen LogP contribution in [0.25, 0.3) is 5.69 Å². The van der Waals surface area contributed by atoms with Crippen LogP contribution in [0.4, 0.5) is 0 Å². The summed E-state index contributed by atoms with van der Waals surface area (Å²) in [6.45, 7) is 10.8. The summed E-state index contributed by atoms with van der Waals surface area (Å²) in [5, 5.41) is 4.41. The molecule has 2 atom stereocenters. The Morgan fingerprint density at radius 2 is 1.85 bits per heavy atom. The Bertz CT molecular complexity index is 1130. The fraction of sp³-hybridized carbons (Fsp3) is 0.407. The minimum atomic E-state index is 0.0191. The van der Waals surface area contributed by atoms with Crippen molar-refractivity contribution in [1.82, 2.24) is 24.7 Å². The van der Waals surface area contributed by atoms with Crippen LogP contribution in [0.5, 0.6) is 0 Å². The number of aryl methyl sites for hydroxylation is 2. The Labute approximate surface area is 203 Å². The van der Waals surface area contributed by atoms with Gasteiger partial charge in [-0.05, 0) is 108 Å². The minimum Gasteiger partial charge on any atom is -0.352 e. The van der Waals surface area contributed by atoms with Crippen molar-refractivity contribution in [3.05, 3.63) is 82.4 Å². The van der Waals surface area contributed by atoms with Gasteiger partial charge in [-0.15, -0.1) is 0 Å². The summed E-state index contributed by atoms with van der Waals surface area (Å²) in [6.07, 6.45) is 2.92. The monoisotopic (exact) mass is 461 g/mol. The predicted molar refractivity (Wildman–Crippen MR) is 140 cm³/mol. The second-order valence-electron chi connectivity index (χ2n) is 9.36. The SMILES string of the molecule is Cc1cccc(-n2c(C)cc([C@@H]3[C@@H](c4ccccn4)NC(=S)N3CCCN(C)C)c2C)c1C. The number of hydrogen-bond donors (Lipinski definition) is 1. The van der Waals surface area contributed by atoms with Gasteiger partial charge in [0.15, 0.2) is 5.11 Å². The van der Waals surface area contributed by atoms with Gasteiger partial charge in [0.05, 0.1) is 17.8 Å². The van der Waals surface area contributed by atoms with E-state index in [1.807, 2.05) is 12.3 Å². The van der Waals surface area contributed by atoms with Crippen molar-refractivity contribution in [3.8, 4) is 5.69 Å². The number of hydrogen-bond acceptors (Lipinski definition) is 3. The van der Waals surface area contributed by atoms with Gasteiger partial charge in [-0.1, -0.05) is 18.2 Å². The predicted octanol–water partition coefficient (Wildman–Crippen LogP) is 5.03. The number of benzene rings is 1. The van der Waals surface area contributed by atoms with Gasteiger partial charge < -0.3 is 19.7 Å². The van der Waals surface area contributed by atoms with Crippen LogP contribution in [0, 0.1) is 27.7 Å². The molecule has 174 valence electrons. The number of nitrogens with one attached hydrogen (secondary N) is 1. The van der Waals surface area contributed by atoms with Crippen LogP contribution in [0.2, 0.25) is 0 Å². The molecule has 0 aliphatic carbocycles. The van der Waals surface area contributed by atoms with Gasteiger partial charge >= 0.3 is 0 Å². The van der Waals surface area contributed by atoms with Crippen molar-refractivity contribution in [1.29, 1.82) is 0 Å². The summed E-state index contributed by atoms with van der Waals surface area (Å²) in [7, 11) is 4.24. The summed E-state index contributed by atoms with van der Waals surface area (Å²) in [4.78, 5) is 9.29. The van der Waals surface area contributed by atoms with Gasteiger partial charge in [-0.25, -0.2) is 0 Å². The summed E-state index contributed by atoms with van der Waals surface area (Å²) in [5.74, 6) is 0. The number of aromatic nitrogens is 2. The zero-order chi connectivity index (χ0) is 23.7. The van der Waals surface area contributed by atoms with Crippen LogP contribution >= 0.6 is 12.2 Å². The molecule has 33 heavy (non-hydrogen) atoms. The Morgan fingerprint density at radius 1 is 1.06 bits per heavy atom. The van der Waals surface area contributed by atoms with Gasteiger partial charge in [-0.2, -0.15) is 0 Å². The highest BCUT2D eigenvalue weighted by Crippen LogP contribution is 2.41. The third-order valence-corrected chi connectivity index (χ3v) is 7.16. The zero-order valence-corrected chi connectivity index (χ0v) is 21.4. The Hall–Kier alpha value is -2.70. The molecule has 0 spiro atoms. The Balaban J connectivity index is 1.80. The Morgan fingerprint density at radius 3 is 2.55 bits per heavy atom. The first-order valence-electron chi connectivity index (χ1n) is 11.7. The van der Waals surface area contributed by atoms with Gasteiger partial charge in [0.25, 0.3) is 0 Å². The lowest BCUT2D eigenvalue weighted by Crippen LogP contribution is -2.32. The average molecular weight is 462 g/mol. The van der Waals surface area contributed by atoms with E-state index < -0.39 is 0 Å². The average Bonchev–Trinajstić information content (AvgIpc) is 3.26. The van der Waals surface area contributed by atoms with Gasteiger partial charge in [0.1, 0.15) is 0 Å². The van der Waals surface area contributed by atoms with Crippen LogP contribution in [-0.2, 0) is 0 Å². The van der Waals surface area contributed by atoms with E-state index in [0.717, 1.165) is 30.3 Å². The molecule has 0 radical (unpaired) electrons. The first-order valence-corrected chi connectivity index (χ1v) is 12.1. The summed E-state index contributed by atoms with van der Waals surface area (Å²) in [6, 6.07) is 15.1. The molecule has 3 aromatic rings. The Kier molecular flexibility index (Phi) is 6.86. The smallest absolute Gasteiger partial charge is 0.170 e. The largest absolute Gasteiger partial charge is 0.352 e. The van der Waals surface area contributed by atoms with Crippen molar-refractivity contribution in [2.24, 2.45) is 0 Å². The van der Waals surface area contributed by atoms with Crippen molar-refractivity contribution in [3.63, 3.8) is 0 Å². The van der Waals surface area contributed by atoms with Crippen molar-refractivity contribution in [2.75, 3.05) is 27.2 Å². The van der Waals surface area contributed by atoms with E-state index in [2.05, 4.69) is 97.9 Å². The third kappa shape index (κ3) is 4.55. The highest BCUT2D eigenvalue weighted by atomic mass is 32.1. The van der Waals surface area contributed by atoms with Gasteiger partial charge in [0, 0.05) is 29.8 Å². The molecule has 1 saturated heterocycles. The number of nitrogens with zero attached hydrogens (tertiary/aromatic N) is 4. The summed E-state index contributed by atoms with van der Waals surface area (Å²) >= 11 is 5.85. The van der Waals surface area contributed by atoms with E-state index in [1.54, 1.807) is 0 Å². The maximum Gasteiger partial charge on any atom is 0.170 e. The fourth-order valence-electron chi connectivity index (χ4n) is 4.98. The van der Waals surface area contributed by atoms with Crippen molar-refractivity contribution in [2.45, 2.75) is 46.2 Å². The van der Waals surface area contributed by atoms with Crippen LogP contribution in [0.1, 0.15) is 52.3 Å². The number of rotatable bonds is 7. The number of pyridine rings is 1. The quantitative estimate of drug-likeness (QED) is 0.500. The lowest BCUT2D eigenvalue weighted by atomic mass is 9.96. The molecule has 1 aliphatic rings. The highest BCUT2D eigenvalue weighted by molar-refractivity contribution is 7.80. The molecule has 3 heterocycles. The van der Waals surface area contributed by atoms with E-state index in [0.29, 0.717) is 0 Å². The molecule has 1 N–H and O–H groups in total. The molecule has 0 amide bonds. The molecule has 0 unspecified atom stereocenters. The third-order valence-electron chi connectivity index (χ3n) is 6.81. The van der Waals surface area contributed by atoms with Gasteiger partial charge in [-0.3, -0.25) is 4.98 Å². The van der Waals surface area contributed by atoms with E-state index in [-0.39, 0.29) is 12.1 Å². The molecule has 2 aromatic heterocycles. The standard InChI is InChI=1S/C27H35N5S/c1-18-11-9-13-24(20(18)3)32-19(2)17-22(21(32)4)26-25(23-12-7-8-14-28-23)29-27(33)31(26)16-10-15-30(5)6/h7-9,11-14,17,25-26H,10,15-16H2,1-6H3,(H,29,33)/t25-,26-/m1/s1. The second-order valence-corrected chi connectivity index (χ2v) is 9.74. The summed E-state index contributed by atoms with van der Waals surface area (Å²) in [5.41, 5.74) is 8.70. The van der Waals surface area contributed by atoms with E-state index in [1.165, 1.54) is 33.8 Å². The maximum absolute atomic E-state index is 5.85. The number of thiocarbonyl (C=S) groups is 1. The maximum atomic E-state index is 5.85. The molecule has 0 saturated carbocycles. The normalized spacial score (nSPS) is 18.3. The molecule has 1 aromatic carbocycles. The second kappa shape index (κ2) is 9.65. The highest BCUT2D eigenvalue weighted by Gasteiger charge is 2.41. The van der Waals surface area contributed by atoms with Crippen LogP contribution < -0.4 is 5.32 Å². The molecular weight excluding hydrogens is 426 g/mol. The zero-order valence-electron chi connectivity index (χ0n) is 20.6. The fourth-order valence-corrected chi connectivity index (χ4v) is 5.31. The molecule has 6 heteroatoms. The molecule has 1 aliphatic heterocycles.